The van der Waals surface area contributed by atoms with E-state index >= 15 is 0 Å². The molecule has 0 radical (unpaired) electrons. The van der Waals surface area contributed by atoms with Crippen molar-refractivity contribution in [1.82, 2.24) is 24.8 Å². The molecule has 2 aromatic heterocycles. The van der Waals surface area contributed by atoms with E-state index in [0.717, 1.165) is 5.69 Å². The van der Waals surface area contributed by atoms with Gasteiger partial charge >= 0.3 is 0 Å². The maximum absolute atomic E-state index is 13.1. The van der Waals surface area contributed by atoms with Crippen molar-refractivity contribution in [1.29, 1.82) is 0 Å². The van der Waals surface area contributed by atoms with Gasteiger partial charge in [0.1, 0.15) is 11.5 Å². The molecule has 3 aromatic rings. The third kappa shape index (κ3) is 2.48. The molecule has 1 aromatic carbocycles. The maximum atomic E-state index is 13.1. The number of hydrogen-bond acceptors (Lipinski definition) is 3. The molecule has 3 rings (SSSR count). The summed E-state index contributed by atoms with van der Waals surface area (Å²) in [4.78, 5) is 0. The van der Waals surface area contributed by atoms with Gasteiger partial charge in [-0.3, -0.25) is 4.68 Å². The minimum atomic E-state index is -0.456. The minimum absolute atomic E-state index is 0.0571. The van der Waals surface area contributed by atoms with Crippen molar-refractivity contribution in [3.63, 3.8) is 0 Å². The number of aromatic nitrogens is 5. The average molecular weight is 278 g/mol. The molecule has 5 nitrogen and oxygen atoms in total. The van der Waals surface area contributed by atoms with Crippen LogP contribution in [0.3, 0.4) is 0 Å². The van der Waals surface area contributed by atoms with Crippen LogP contribution in [0.15, 0.2) is 42.9 Å². The van der Waals surface area contributed by atoms with Gasteiger partial charge in [0, 0.05) is 12.4 Å². The highest BCUT2D eigenvalue weighted by Gasteiger charge is 2.06. The number of benzene rings is 1. The molecule has 0 spiro atoms. The zero-order valence-corrected chi connectivity index (χ0v) is 10.5. The lowest BCUT2D eigenvalue weighted by Gasteiger charge is -2.01. The Balaban J connectivity index is 1.86. The molecule has 0 N–H and O–H groups in total. The molecule has 96 valence electrons. The van der Waals surface area contributed by atoms with Gasteiger partial charge in [-0.2, -0.15) is 5.10 Å². The van der Waals surface area contributed by atoms with E-state index in [4.69, 9.17) is 11.6 Å². The summed E-state index contributed by atoms with van der Waals surface area (Å²) in [5.41, 5.74) is 1.41. The second kappa shape index (κ2) is 4.81. The fourth-order valence-corrected chi connectivity index (χ4v) is 1.86. The van der Waals surface area contributed by atoms with Gasteiger partial charge in [0.05, 0.1) is 23.5 Å². The van der Waals surface area contributed by atoms with E-state index in [2.05, 4.69) is 15.4 Å². The van der Waals surface area contributed by atoms with Crippen LogP contribution < -0.4 is 0 Å². The van der Waals surface area contributed by atoms with Crippen LogP contribution in [0.5, 0.6) is 0 Å². The van der Waals surface area contributed by atoms with Gasteiger partial charge < -0.3 is 0 Å². The maximum Gasteiger partial charge on any atom is 0.141 e. The Labute approximate surface area is 113 Å². The molecule has 0 saturated carbocycles. The topological polar surface area (TPSA) is 48.5 Å². The Bertz CT molecular complexity index is 692. The molecule has 0 saturated heterocycles. The van der Waals surface area contributed by atoms with E-state index < -0.39 is 5.82 Å². The van der Waals surface area contributed by atoms with Crippen LogP contribution in [0.25, 0.3) is 5.69 Å². The first-order valence-electron chi connectivity index (χ1n) is 5.56. The van der Waals surface area contributed by atoms with Crippen molar-refractivity contribution in [2.24, 2.45) is 0 Å². The van der Waals surface area contributed by atoms with Crippen LogP contribution >= 0.6 is 11.6 Å². The second-order valence-corrected chi connectivity index (χ2v) is 4.36. The van der Waals surface area contributed by atoms with Crippen molar-refractivity contribution in [2.45, 2.75) is 6.54 Å². The summed E-state index contributed by atoms with van der Waals surface area (Å²) in [7, 11) is 0. The normalized spacial score (nSPS) is 10.8. The summed E-state index contributed by atoms with van der Waals surface area (Å²) in [6, 6.07) is 6.23. The van der Waals surface area contributed by atoms with Gasteiger partial charge in [-0.15, -0.1) is 5.10 Å². The molecule has 19 heavy (non-hydrogen) atoms. The van der Waals surface area contributed by atoms with Crippen molar-refractivity contribution in [3.05, 3.63) is 59.4 Å². The first-order valence-corrected chi connectivity index (χ1v) is 5.94. The second-order valence-electron chi connectivity index (χ2n) is 3.96. The van der Waals surface area contributed by atoms with Crippen LogP contribution in [-0.2, 0) is 6.54 Å². The van der Waals surface area contributed by atoms with Crippen LogP contribution in [0, 0.1) is 5.82 Å². The molecule has 0 atom stereocenters. The van der Waals surface area contributed by atoms with Gasteiger partial charge in [-0.05, 0) is 24.3 Å². The average Bonchev–Trinajstić information content (AvgIpc) is 3.05. The van der Waals surface area contributed by atoms with E-state index in [1.807, 2.05) is 12.3 Å². The predicted molar refractivity (Wildman–Crippen MR) is 67.7 cm³/mol. The van der Waals surface area contributed by atoms with Gasteiger partial charge in [-0.25, -0.2) is 9.07 Å². The third-order valence-electron chi connectivity index (χ3n) is 2.59. The van der Waals surface area contributed by atoms with E-state index in [0.29, 0.717) is 12.2 Å². The van der Waals surface area contributed by atoms with Gasteiger partial charge in [0.25, 0.3) is 0 Å². The summed E-state index contributed by atoms with van der Waals surface area (Å²) < 4.78 is 16.4. The van der Waals surface area contributed by atoms with Gasteiger partial charge in [-0.1, -0.05) is 16.8 Å². The predicted octanol–water partition coefficient (Wildman–Crippen LogP) is 2.30. The van der Waals surface area contributed by atoms with E-state index in [1.165, 1.54) is 12.1 Å². The molecule has 0 fully saturated rings. The SMILES string of the molecule is Fc1ccc(-n2cc(Cn3cccn3)nn2)cc1Cl. The Hall–Kier alpha value is -2.21. The standard InChI is InChI=1S/C12H9ClFN5/c13-11-6-10(2-3-12(11)14)19-8-9(16-17-19)7-18-5-1-4-15-18/h1-6,8H,7H2. The van der Waals surface area contributed by atoms with Gasteiger partial charge in [0.15, 0.2) is 0 Å². The monoisotopic (exact) mass is 277 g/mol. The molecular formula is C12H9ClFN5. The molecular weight excluding hydrogens is 269 g/mol. The fourth-order valence-electron chi connectivity index (χ4n) is 1.68. The van der Waals surface area contributed by atoms with E-state index in [1.54, 1.807) is 27.8 Å². The summed E-state index contributed by atoms with van der Waals surface area (Å²) in [6.45, 7) is 0.530. The van der Waals surface area contributed by atoms with Crippen molar-refractivity contribution < 1.29 is 4.39 Å². The highest BCUT2D eigenvalue weighted by molar-refractivity contribution is 6.30. The lowest BCUT2D eigenvalue weighted by molar-refractivity contribution is 0.627. The highest BCUT2D eigenvalue weighted by Crippen LogP contribution is 2.18. The Kier molecular flexibility index (Phi) is 3.00. The van der Waals surface area contributed by atoms with E-state index in [9.17, 15) is 4.39 Å². The molecule has 7 heteroatoms. The summed E-state index contributed by atoms with van der Waals surface area (Å²) in [5.74, 6) is -0.456. The van der Waals surface area contributed by atoms with Crippen LogP contribution in [0.4, 0.5) is 4.39 Å². The fraction of sp³-hybridized carbons (Fsp3) is 0.0833. The zero-order chi connectivity index (χ0) is 13.2. The first kappa shape index (κ1) is 11.9. The number of halogens is 2. The Morgan fingerprint density at radius 1 is 1.32 bits per heavy atom. The number of rotatable bonds is 3. The number of hydrogen-bond donors (Lipinski definition) is 0. The first-order chi connectivity index (χ1) is 9.22. The summed E-state index contributed by atoms with van der Waals surface area (Å²) in [6.07, 6.45) is 5.29. The molecule has 0 bridgehead atoms. The zero-order valence-electron chi connectivity index (χ0n) is 9.74. The molecule has 0 aliphatic carbocycles. The number of nitrogens with zero attached hydrogens (tertiary/aromatic N) is 5. The van der Waals surface area contributed by atoms with Crippen LogP contribution in [0.2, 0.25) is 5.02 Å². The smallest absolute Gasteiger partial charge is 0.141 e. The summed E-state index contributed by atoms with van der Waals surface area (Å²) in [5, 5.41) is 12.2. The van der Waals surface area contributed by atoms with Crippen molar-refractivity contribution in [3.8, 4) is 5.69 Å². The minimum Gasteiger partial charge on any atom is -0.267 e. The van der Waals surface area contributed by atoms with E-state index in [-0.39, 0.29) is 5.02 Å². The lowest BCUT2D eigenvalue weighted by atomic mass is 10.3. The molecule has 0 aliphatic heterocycles. The van der Waals surface area contributed by atoms with Crippen LogP contribution in [0.1, 0.15) is 5.69 Å². The third-order valence-corrected chi connectivity index (χ3v) is 2.88. The van der Waals surface area contributed by atoms with Crippen molar-refractivity contribution >= 4 is 11.6 Å². The van der Waals surface area contributed by atoms with Gasteiger partial charge in [0.2, 0.25) is 0 Å². The quantitative estimate of drug-likeness (QED) is 0.738. The molecule has 0 unspecified atom stereocenters. The Morgan fingerprint density at radius 2 is 2.21 bits per heavy atom. The van der Waals surface area contributed by atoms with Crippen LogP contribution in [-0.4, -0.2) is 24.8 Å². The molecule has 2 heterocycles. The highest BCUT2D eigenvalue weighted by atomic mass is 35.5. The Morgan fingerprint density at radius 3 is 2.95 bits per heavy atom. The lowest BCUT2D eigenvalue weighted by Crippen LogP contribution is -1.99. The molecule has 0 amide bonds. The van der Waals surface area contributed by atoms with Crippen molar-refractivity contribution in [2.75, 3.05) is 0 Å². The largest absolute Gasteiger partial charge is 0.267 e. The molecule has 0 aliphatic rings. The summed E-state index contributed by atoms with van der Waals surface area (Å²) >= 11 is 5.73.